The van der Waals surface area contributed by atoms with Crippen molar-refractivity contribution < 1.29 is 14.0 Å². The molecule has 0 N–H and O–H groups in total. The zero-order valence-corrected chi connectivity index (χ0v) is 26.1. The molecule has 6 atom stereocenters. The Balaban J connectivity index is 1.18. The Morgan fingerprint density at radius 3 is 0.825 bits per heavy atom. The van der Waals surface area contributed by atoms with Crippen LogP contribution in [-0.4, -0.2) is 25.6 Å². The van der Waals surface area contributed by atoms with Gasteiger partial charge in [0.2, 0.25) is 0 Å². The average molecular weight is 555 g/mol. The van der Waals surface area contributed by atoms with E-state index in [-0.39, 0.29) is 0 Å². The number of hydrogen-bond donors (Lipinski definition) is 0. The van der Waals surface area contributed by atoms with Crippen molar-refractivity contribution in [2.75, 3.05) is 0 Å². The molecule has 0 unspecified atom stereocenters. The first-order valence-corrected chi connectivity index (χ1v) is 18.8. The summed E-state index contributed by atoms with van der Waals surface area (Å²) in [5.41, 5.74) is 0. The third kappa shape index (κ3) is 7.90. The molecule has 3 nitrogen and oxygen atoms in total. The molecule has 0 saturated heterocycles. The van der Waals surface area contributed by atoms with Crippen molar-refractivity contribution in [3.63, 3.8) is 0 Å². The molecule has 4 heteroatoms. The van der Waals surface area contributed by atoms with Gasteiger partial charge < -0.3 is 14.0 Å². The molecule has 228 valence electrons. The van der Waals surface area contributed by atoms with Crippen LogP contribution in [0.4, 0.5) is 0 Å². The molecule has 0 aromatic rings. The van der Waals surface area contributed by atoms with Crippen molar-refractivity contribution >= 4 is 7.32 Å². The first-order valence-electron chi connectivity index (χ1n) is 18.8. The van der Waals surface area contributed by atoms with Crippen molar-refractivity contribution in [1.29, 1.82) is 0 Å². The van der Waals surface area contributed by atoms with E-state index in [0.29, 0.717) is 18.3 Å². The minimum absolute atomic E-state index is 0.343. The van der Waals surface area contributed by atoms with Crippen LogP contribution in [0.2, 0.25) is 0 Å². The highest BCUT2D eigenvalue weighted by Gasteiger charge is 2.44. The lowest BCUT2D eigenvalue weighted by atomic mass is 9.71. The summed E-state index contributed by atoms with van der Waals surface area (Å²) in [6, 6.07) is 0. The number of hydrogen-bond acceptors (Lipinski definition) is 3. The molecule has 6 saturated carbocycles. The van der Waals surface area contributed by atoms with Gasteiger partial charge in [0.1, 0.15) is 0 Å². The predicted molar refractivity (Wildman–Crippen MR) is 166 cm³/mol. The third-order valence-corrected chi connectivity index (χ3v) is 12.9. The van der Waals surface area contributed by atoms with E-state index in [2.05, 4.69) is 0 Å². The van der Waals surface area contributed by atoms with Crippen LogP contribution < -0.4 is 0 Å². The SMILES string of the molecule is C1CCC([C@H]2CCCC[C@@H]2OB(O[C@H]2CCCC[C@H]2C2CCCCC2)O[C@@H]2CCCC[C@@H]2C2CCCCC2)CC1. The summed E-state index contributed by atoms with van der Waals surface area (Å²) >= 11 is 0. The van der Waals surface area contributed by atoms with Crippen LogP contribution >= 0.6 is 0 Å². The minimum Gasteiger partial charge on any atom is -0.383 e. The van der Waals surface area contributed by atoms with Crippen molar-refractivity contribution in [2.45, 2.75) is 192 Å². The molecule has 0 bridgehead atoms. The van der Waals surface area contributed by atoms with E-state index in [0.717, 1.165) is 35.5 Å². The van der Waals surface area contributed by atoms with Gasteiger partial charge in [-0.25, -0.2) is 0 Å². The molecule has 0 radical (unpaired) electrons. The predicted octanol–water partition coefficient (Wildman–Crippen LogP) is 10.4. The fourth-order valence-corrected chi connectivity index (χ4v) is 10.7. The van der Waals surface area contributed by atoms with Crippen LogP contribution in [0.1, 0.15) is 173 Å². The second-order valence-corrected chi connectivity index (χ2v) is 15.4. The normalized spacial score (nSPS) is 37.8. The van der Waals surface area contributed by atoms with E-state index >= 15 is 0 Å². The monoisotopic (exact) mass is 554 g/mol. The summed E-state index contributed by atoms with van der Waals surface area (Å²) in [4.78, 5) is 0. The fraction of sp³-hybridized carbons (Fsp3) is 1.00. The minimum atomic E-state index is -0.433. The highest BCUT2D eigenvalue weighted by molar-refractivity contribution is 6.36. The van der Waals surface area contributed by atoms with E-state index in [1.807, 2.05) is 0 Å². The zero-order chi connectivity index (χ0) is 27.0. The van der Waals surface area contributed by atoms with Crippen molar-refractivity contribution in [1.82, 2.24) is 0 Å². The first-order chi connectivity index (χ1) is 19.8. The van der Waals surface area contributed by atoms with Gasteiger partial charge in [0, 0.05) is 18.3 Å². The zero-order valence-electron chi connectivity index (χ0n) is 26.1. The number of rotatable bonds is 9. The molecule has 6 aliphatic carbocycles. The van der Waals surface area contributed by atoms with Crippen molar-refractivity contribution in [3.8, 4) is 0 Å². The summed E-state index contributed by atoms with van der Waals surface area (Å²) in [5, 5.41) is 0. The van der Waals surface area contributed by atoms with E-state index < -0.39 is 7.32 Å². The van der Waals surface area contributed by atoms with Gasteiger partial charge in [-0.1, -0.05) is 135 Å². The van der Waals surface area contributed by atoms with E-state index in [9.17, 15) is 0 Å². The van der Waals surface area contributed by atoms with E-state index in [1.54, 1.807) is 0 Å². The second-order valence-electron chi connectivity index (χ2n) is 15.4. The summed E-state index contributed by atoms with van der Waals surface area (Å²) in [7, 11) is -0.433. The molecule has 40 heavy (non-hydrogen) atoms. The molecule has 0 spiro atoms. The maximum absolute atomic E-state index is 7.19. The van der Waals surface area contributed by atoms with Gasteiger partial charge in [0.25, 0.3) is 0 Å². The highest BCUT2D eigenvalue weighted by atomic mass is 16.7. The Morgan fingerprint density at radius 1 is 0.275 bits per heavy atom. The molecule has 6 aliphatic rings. The summed E-state index contributed by atoms with van der Waals surface area (Å²) in [6.07, 6.45) is 38.4. The molecule has 0 aliphatic heterocycles. The van der Waals surface area contributed by atoms with Crippen LogP contribution in [0.15, 0.2) is 0 Å². The largest absolute Gasteiger partial charge is 0.640 e. The standard InChI is InChI=1S/C36H63BO3/c1-4-16-28(17-5-1)31-22-10-13-25-34(31)38-37(39-35-26-14-11-23-32(35)29-18-6-2-7-19-29)40-36-27-15-12-24-33(36)30-20-8-3-9-21-30/h28-36H,1-27H2/t31-,32-,33+,34-,35+,36+/m1/s1. The Kier molecular flexibility index (Phi) is 11.7. The maximum Gasteiger partial charge on any atom is 0.640 e. The fourth-order valence-electron chi connectivity index (χ4n) is 10.7. The molecule has 0 aromatic heterocycles. The Bertz CT molecular complexity index is 618. The first kappa shape index (κ1) is 30.0. The molecule has 6 fully saturated rings. The molecule has 0 aromatic carbocycles. The quantitative estimate of drug-likeness (QED) is 0.265. The van der Waals surface area contributed by atoms with Crippen LogP contribution in [0.3, 0.4) is 0 Å². The highest BCUT2D eigenvalue weighted by Crippen LogP contribution is 2.44. The van der Waals surface area contributed by atoms with Crippen LogP contribution in [0.25, 0.3) is 0 Å². The van der Waals surface area contributed by atoms with Gasteiger partial charge in [0.15, 0.2) is 0 Å². The van der Waals surface area contributed by atoms with Crippen LogP contribution in [0.5, 0.6) is 0 Å². The lowest BCUT2D eigenvalue weighted by Gasteiger charge is -2.44. The van der Waals surface area contributed by atoms with Crippen LogP contribution in [0, 0.1) is 35.5 Å². The average Bonchev–Trinajstić information content (AvgIpc) is 3.03. The van der Waals surface area contributed by atoms with Crippen molar-refractivity contribution in [3.05, 3.63) is 0 Å². The summed E-state index contributed by atoms with van der Waals surface area (Å²) in [6.45, 7) is 0. The Hall–Kier alpha value is -0.0551. The second kappa shape index (κ2) is 15.6. The Labute approximate surface area is 248 Å². The van der Waals surface area contributed by atoms with E-state index in [1.165, 1.54) is 173 Å². The van der Waals surface area contributed by atoms with Gasteiger partial charge in [-0.2, -0.15) is 0 Å². The third-order valence-electron chi connectivity index (χ3n) is 12.9. The molecule has 6 rings (SSSR count). The van der Waals surface area contributed by atoms with Crippen LogP contribution in [-0.2, 0) is 14.0 Å². The van der Waals surface area contributed by atoms with Gasteiger partial charge in [-0.15, -0.1) is 0 Å². The van der Waals surface area contributed by atoms with Gasteiger partial charge >= 0.3 is 7.32 Å². The maximum atomic E-state index is 7.19. The molecular weight excluding hydrogens is 491 g/mol. The van der Waals surface area contributed by atoms with Gasteiger partial charge in [-0.05, 0) is 74.0 Å². The van der Waals surface area contributed by atoms with Gasteiger partial charge in [-0.3, -0.25) is 0 Å². The molecular formula is C36H63BO3. The van der Waals surface area contributed by atoms with Gasteiger partial charge in [0.05, 0.1) is 0 Å². The summed E-state index contributed by atoms with van der Waals surface area (Å²) in [5.74, 6) is 4.79. The smallest absolute Gasteiger partial charge is 0.383 e. The summed E-state index contributed by atoms with van der Waals surface area (Å²) < 4.78 is 21.6. The molecule has 0 heterocycles. The van der Waals surface area contributed by atoms with Crippen molar-refractivity contribution in [2.24, 2.45) is 35.5 Å². The van der Waals surface area contributed by atoms with E-state index in [4.69, 9.17) is 14.0 Å². The lowest BCUT2D eigenvalue weighted by molar-refractivity contribution is -0.0742. The Morgan fingerprint density at radius 2 is 0.525 bits per heavy atom. The topological polar surface area (TPSA) is 27.7 Å². The lowest BCUT2D eigenvalue weighted by Crippen LogP contribution is -2.48. The molecule has 0 amide bonds.